The summed E-state index contributed by atoms with van der Waals surface area (Å²) < 4.78 is 17.4. The van der Waals surface area contributed by atoms with E-state index in [1.807, 2.05) is 41.3 Å². The SMILES string of the molecule is COc1cc2c3c4c1O[C@@]1(O)C[C@]4(CC[C@H]3N(C(=O)OCc3ccccc3)CC2)CC[C@@H]1O. The molecular weight excluding hydrogens is 422 g/mol. The number of ether oxygens (including phenoxy) is 3. The van der Waals surface area contributed by atoms with Gasteiger partial charge in [0.1, 0.15) is 12.7 Å². The highest BCUT2D eigenvalue weighted by Gasteiger charge is 2.60. The Morgan fingerprint density at radius 3 is 2.82 bits per heavy atom. The number of amides is 1. The molecule has 2 N–H and O–H groups in total. The molecule has 174 valence electrons. The second kappa shape index (κ2) is 7.37. The second-order valence-corrected chi connectivity index (χ2v) is 9.85. The molecule has 2 heterocycles. The van der Waals surface area contributed by atoms with Gasteiger partial charge in [0, 0.05) is 23.9 Å². The summed E-state index contributed by atoms with van der Waals surface area (Å²) in [5.41, 5.74) is 4.03. The lowest BCUT2D eigenvalue weighted by Crippen LogP contribution is -2.61. The van der Waals surface area contributed by atoms with Gasteiger partial charge in [0.2, 0.25) is 5.79 Å². The molecular formula is C26H29NO6. The average Bonchev–Trinajstić information content (AvgIpc) is 2.83. The summed E-state index contributed by atoms with van der Waals surface area (Å²) in [6, 6.07) is 11.6. The molecule has 0 saturated heterocycles. The van der Waals surface area contributed by atoms with E-state index in [0.717, 1.165) is 36.0 Å². The summed E-state index contributed by atoms with van der Waals surface area (Å²) in [4.78, 5) is 15.0. The Balaban J connectivity index is 1.38. The zero-order valence-corrected chi connectivity index (χ0v) is 18.8. The average molecular weight is 452 g/mol. The number of rotatable bonds is 3. The number of methoxy groups -OCH3 is 1. The van der Waals surface area contributed by atoms with Gasteiger partial charge >= 0.3 is 6.09 Å². The molecule has 2 aromatic carbocycles. The quantitative estimate of drug-likeness (QED) is 0.742. The Hall–Kier alpha value is -2.77. The van der Waals surface area contributed by atoms with Crippen LogP contribution >= 0.6 is 0 Å². The minimum absolute atomic E-state index is 0.0936. The van der Waals surface area contributed by atoms with Crippen molar-refractivity contribution < 1.29 is 29.2 Å². The zero-order chi connectivity index (χ0) is 22.8. The number of benzene rings is 2. The molecule has 6 rings (SSSR count). The Morgan fingerprint density at radius 2 is 2.03 bits per heavy atom. The van der Waals surface area contributed by atoms with Crippen molar-refractivity contribution in [2.24, 2.45) is 0 Å². The van der Waals surface area contributed by atoms with Crippen LogP contribution in [0, 0.1) is 0 Å². The van der Waals surface area contributed by atoms with Gasteiger partial charge in [-0.1, -0.05) is 30.3 Å². The largest absolute Gasteiger partial charge is 0.493 e. The van der Waals surface area contributed by atoms with Crippen molar-refractivity contribution in [1.29, 1.82) is 0 Å². The summed E-state index contributed by atoms with van der Waals surface area (Å²) in [6.07, 6.45) is 2.69. The number of fused-ring (bicyclic) bond motifs is 1. The number of nitrogens with zero attached hydrogens (tertiary/aromatic N) is 1. The van der Waals surface area contributed by atoms with Gasteiger partial charge in [-0.05, 0) is 54.9 Å². The molecule has 7 nitrogen and oxygen atoms in total. The predicted octanol–water partition coefficient (Wildman–Crippen LogP) is 3.59. The van der Waals surface area contributed by atoms with Crippen molar-refractivity contribution in [1.82, 2.24) is 4.90 Å². The van der Waals surface area contributed by atoms with E-state index in [4.69, 9.17) is 14.2 Å². The molecule has 1 fully saturated rings. The van der Waals surface area contributed by atoms with Gasteiger partial charge in [-0.3, -0.25) is 0 Å². The minimum atomic E-state index is -1.61. The van der Waals surface area contributed by atoms with Crippen molar-refractivity contribution in [3.63, 3.8) is 0 Å². The lowest BCUT2D eigenvalue weighted by molar-refractivity contribution is -0.247. The lowest BCUT2D eigenvalue weighted by atomic mass is 9.57. The van der Waals surface area contributed by atoms with Gasteiger partial charge in [0.15, 0.2) is 11.5 Å². The fourth-order valence-corrected chi connectivity index (χ4v) is 6.52. The summed E-state index contributed by atoms with van der Waals surface area (Å²) in [7, 11) is 1.60. The van der Waals surface area contributed by atoms with Crippen molar-refractivity contribution in [2.45, 2.75) is 68.5 Å². The number of hydrogen-bond acceptors (Lipinski definition) is 6. The van der Waals surface area contributed by atoms with Crippen LogP contribution in [0.3, 0.4) is 0 Å². The number of carbonyl (C=O) groups is 1. The molecule has 4 atom stereocenters. The maximum absolute atomic E-state index is 13.1. The summed E-state index contributed by atoms with van der Waals surface area (Å²) >= 11 is 0. The topological polar surface area (TPSA) is 88.5 Å². The van der Waals surface area contributed by atoms with E-state index < -0.39 is 11.9 Å². The third-order valence-corrected chi connectivity index (χ3v) is 8.08. The van der Waals surface area contributed by atoms with E-state index in [-0.39, 0.29) is 24.2 Å². The smallest absolute Gasteiger partial charge is 0.410 e. The van der Waals surface area contributed by atoms with Crippen molar-refractivity contribution in [3.8, 4) is 11.5 Å². The third-order valence-electron chi connectivity index (χ3n) is 8.08. The summed E-state index contributed by atoms with van der Waals surface area (Å²) in [5.74, 6) is -0.503. The molecule has 0 radical (unpaired) electrons. The molecule has 2 aliphatic heterocycles. The fourth-order valence-electron chi connectivity index (χ4n) is 6.52. The summed E-state index contributed by atoms with van der Waals surface area (Å²) in [5, 5.41) is 21.7. The molecule has 2 bridgehead atoms. The first-order chi connectivity index (χ1) is 15.9. The zero-order valence-electron chi connectivity index (χ0n) is 18.8. The number of aliphatic hydroxyl groups excluding tert-OH is 1. The predicted molar refractivity (Wildman–Crippen MR) is 119 cm³/mol. The molecule has 1 amide bonds. The Kier molecular flexibility index (Phi) is 4.65. The monoisotopic (exact) mass is 451 g/mol. The first-order valence-corrected chi connectivity index (χ1v) is 11.8. The normalized spacial score (nSPS) is 31.3. The molecule has 1 saturated carbocycles. The summed E-state index contributed by atoms with van der Waals surface area (Å²) in [6.45, 7) is 0.832. The van der Waals surface area contributed by atoms with Gasteiger partial charge in [-0.25, -0.2) is 4.79 Å². The minimum Gasteiger partial charge on any atom is -0.493 e. The maximum Gasteiger partial charge on any atom is 0.410 e. The van der Waals surface area contributed by atoms with Gasteiger partial charge in [0.25, 0.3) is 0 Å². The molecule has 33 heavy (non-hydrogen) atoms. The van der Waals surface area contributed by atoms with Crippen LogP contribution in [0.15, 0.2) is 36.4 Å². The molecule has 2 aromatic rings. The van der Waals surface area contributed by atoms with E-state index >= 15 is 0 Å². The highest BCUT2D eigenvalue weighted by molar-refractivity contribution is 5.71. The molecule has 4 aliphatic rings. The van der Waals surface area contributed by atoms with Crippen molar-refractivity contribution >= 4 is 6.09 Å². The van der Waals surface area contributed by atoms with E-state index in [1.54, 1.807) is 7.11 Å². The van der Waals surface area contributed by atoms with E-state index in [9.17, 15) is 15.0 Å². The van der Waals surface area contributed by atoms with Crippen LogP contribution in [-0.2, 0) is 23.2 Å². The first-order valence-electron chi connectivity index (χ1n) is 11.8. The van der Waals surface area contributed by atoms with Crippen LogP contribution in [0.25, 0.3) is 0 Å². The van der Waals surface area contributed by atoms with Gasteiger partial charge in [0.05, 0.1) is 13.2 Å². The van der Waals surface area contributed by atoms with Crippen LogP contribution in [0.1, 0.15) is 60.4 Å². The van der Waals surface area contributed by atoms with Gasteiger partial charge in [-0.2, -0.15) is 0 Å². The second-order valence-electron chi connectivity index (χ2n) is 9.85. The molecule has 2 aliphatic carbocycles. The molecule has 1 spiro atoms. The van der Waals surface area contributed by atoms with E-state index in [1.165, 1.54) is 5.56 Å². The van der Waals surface area contributed by atoms with Crippen LogP contribution < -0.4 is 9.47 Å². The standard InChI is InChI=1S/C26H29NO6/c1-31-19-13-17-9-12-27(24(29)32-14-16-5-3-2-4-6-16)18-7-10-25-11-8-20(28)26(30,15-25)33-23(19)22(25)21(17)18/h2-6,13,18,20,28,30H,7-12,14-15H2,1H3/t18-,20+,25+,26+/m1/s1. The van der Waals surface area contributed by atoms with Crippen LogP contribution in [0.2, 0.25) is 0 Å². The molecule has 0 aromatic heterocycles. The third kappa shape index (κ3) is 3.05. The van der Waals surface area contributed by atoms with Crippen LogP contribution in [0.5, 0.6) is 11.5 Å². The van der Waals surface area contributed by atoms with Crippen molar-refractivity contribution in [3.05, 3.63) is 58.7 Å². The van der Waals surface area contributed by atoms with E-state index in [2.05, 4.69) is 0 Å². The Bertz CT molecular complexity index is 1100. The van der Waals surface area contributed by atoms with Crippen LogP contribution in [0.4, 0.5) is 4.79 Å². The highest BCUT2D eigenvalue weighted by Crippen LogP contribution is 2.63. The van der Waals surface area contributed by atoms with Gasteiger partial charge in [-0.15, -0.1) is 0 Å². The Morgan fingerprint density at radius 1 is 1.24 bits per heavy atom. The number of aliphatic hydroxyl groups is 2. The van der Waals surface area contributed by atoms with Crippen molar-refractivity contribution in [2.75, 3.05) is 13.7 Å². The number of carbonyl (C=O) groups excluding carboxylic acids is 1. The molecule has 0 unspecified atom stereocenters. The first kappa shape index (κ1) is 20.8. The fraction of sp³-hybridized carbons (Fsp3) is 0.500. The number of hydrogen-bond donors (Lipinski definition) is 2. The molecule has 7 heteroatoms. The Labute approximate surface area is 192 Å². The highest BCUT2D eigenvalue weighted by atomic mass is 16.6. The van der Waals surface area contributed by atoms with Gasteiger partial charge < -0.3 is 29.3 Å². The maximum atomic E-state index is 13.1. The van der Waals surface area contributed by atoms with Crippen LogP contribution in [-0.4, -0.2) is 46.8 Å². The van der Waals surface area contributed by atoms with E-state index in [0.29, 0.717) is 37.3 Å². The lowest BCUT2D eigenvalue weighted by Gasteiger charge is -2.57.